The predicted octanol–water partition coefficient (Wildman–Crippen LogP) is 1.53. The van der Waals surface area contributed by atoms with Gasteiger partial charge >= 0.3 is 0 Å². The number of isocyanates is 2. The van der Waals surface area contributed by atoms with Crippen molar-refractivity contribution in [3.05, 3.63) is 11.1 Å². The maximum absolute atomic E-state index is 10.3. The normalized spacial score (nSPS) is 33.3. The topological polar surface area (TPSA) is 58.9 Å². The van der Waals surface area contributed by atoms with Gasteiger partial charge in [-0.15, -0.1) is 0 Å². The lowest BCUT2D eigenvalue weighted by Crippen LogP contribution is -2.06. The van der Waals surface area contributed by atoms with Crippen molar-refractivity contribution in [3.8, 4) is 0 Å². The second-order valence-corrected chi connectivity index (χ2v) is 4.11. The molecule has 1 fully saturated rings. The Morgan fingerprint density at radius 3 is 2.60 bits per heavy atom. The minimum Gasteiger partial charge on any atom is -0.211 e. The third-order valence-corrected chi connectivity index (χ3v) is 3.35. The van der Waals surface area contributed by atoms with Crippen molar-refractivity contribution in [3.63, 3.8) is 0 Å². The van der Waals surface area contributed by atoms with Crippen molar-refractivity contribution < 1.29 is 9.59 Å². The van der Waals surface area contributed by atoms with Crippen LogP contribution in [0.25, 0.3) is 0 Å². The van der Waals surface area contributed by atoms with Crippen LogP contribution >= 0.6 is 0 Å². The molecule has 0 aromatic rings. The Kier molecular flexibility index (Phi) is 2.63. The second kappa shape index (κ2) is 3.93. The molecule has 4 nitrogen and oxygen atoms in total. The van der Waals surface area contributed by atoms with E-state index in [4.69, 9.17) is 0 Å². The van der Waals surface area contributed by atoms with Gasteiger partial charge in [-0.3, -0.25) is 0 Å². The average Bonchev–Trinajstić information content (AvgIpc) is 2.87. The van der Waals surface area contributed by atoms with Crippen molar-refractivity contribution >= 4 is 12.2 Å². The van der Waals surface area contributed by atoms with Crippen LogP contribution in [0.5, 0.6) is 0 Å². The molecule has 2 aliphatic carbocycles. The molecular formula is C11H12N2O2. The highest BCUT2D eigenvalue weighted by Crippen LogP contribution is 2.49. The molecule has 4 heteroatoms. The monoisotopic (exact) mass is 204 g/mol. The summed E-state index contributed by atoms with van der Waals surface area (Å²) in [5.41, 5.74) is 2.58. The number of nitrogens with zero attached hydrogens (tertiary/aromatic N) is 2. The first-order valence-electron chi connectivity index (χ1n) is 5.12. The fourth-order valence-corrected chi connectivity index (χ4v) is 2.50. The summed E-state index contributed by atoms with van der Waals surface area (Å²) < 4.78 is 0. The van der Waals surface area contributed by atoms with Crippen LogP contribution < -0.4 is 0 Å². The minimum atomic E-state index is -0.0145. The van der Waals surface area contributed by atoms with Crippen LogP contribution in [0.15, 0.2) is 21.1 Å². The van der Waals surface area contributed by atoms with Gasteiger partial charge in [0.05, 0.1) is 12.1 Å². The molecule has 0 N–H and O–H groups in total. The number of hydrogen-bond donors (Lipinski definition) is 0. The molecule has 0 radical (unpaired) electrons. The number of fused-ring (bicyclic) bond motifs is 1. The molecule has 3 unspecified atom stereocenters. The number of rotatable bonds is 2. The van der Waals surface area contributed by atoms with Crippen LogP contribution in [-0.4, -0.2) is 24.2 Å². The van der Waals surface area contributed by atoms with Gasteiger partial charge in [0.1, 0.15) is 0 Å². The zero-order valence-corrected chi connectivity index (χ0v) is 8.56. The lowest BCUT2D eigenvalue weighted by Gasteiger charge is -2.07. The van der Waals surface area contributed by atoms with Gasteiger partial charge in [0.25, 0.3) is 0 Å². The molecule has 0 saturated heterocycles. The van der Waals surface area contributed by atoms with E-state index in [9.17, 15) is 9.59 Å². The van der Waals surface area contributed by atoms with E-state index in [1.807, 2.05) is 0 Å². The molecule has 1 saturated carbocycles. The summed E-state index contributed by atoms with van der Waals surface area (Å²) in [6.45, 7) is 2.06. The molecule has 0 amide bonds. The predicted molar refractivity (Wildman–Crippen MR) is 53.9 cm³/mol. The summed E-state index contributed by atoms with van der Waals surface area (Å²) in [5, 5.41) is 0. The highest BCUT2D eigenvalue weighted by Gasteiger charge is 2.42. The third kappa shape index (κ3) is 1.82. The molecule has 0 bridgehead atoms. The molecule has 0 heterocycles. The zero-order chi connectivity index (χ0) is 10.8. The van der Waals surface area contributed by atoms with Gasteiger partial charge in [0.15, 0.2) is 0 Å². The largest absolute Gasteiger partial charge is 0.235 e. The maximum atomic E-state index is 10.3. The van der Waals surface area contributed by atoms with Gasteiger partial charge in [0, 0.05) is 5.92 Å². The minimum absolute atomic E-state index is 0.0145. The van der Waals surface area contributed by atoms with Gasteiger partial charge in [0.2, 0.25) is 12.2 Å². The van der Waals surface area contributed by atoms with Crippen LogP contribution in [0.3, 0.4) is 0 Å². The molecule has 2 rings (SSSR count). The summed E-state index contributed by atoms with van der Waals surface area (Å²) in [5.74, 6) is 0.414. The molecule has 0 aliphatic heterocycles. The summed E-state index contributed by atoms with van der Waals surface area (Å²) in [4.78, 5) is 28.1. The van der Waals surface area contributed by atoms with E-state index in [1.54, 1.807) is 12.2 Å². The Labute approximate surface area is 87.8 Å². The Morgan fingerprint density at radius 2 is 1.93 bits per heavy atom. The van der Waals surface area contributed by atoms with E-state index in [-0.39, 0.29) is 12.1 Å². The number of aliphatic imine (C=N–C) groups is 2. The lowest BCUT2D eigenvalue weighted by molar-refractivity contribution is 0.523. The van der Waals surface area contributed by atoms with Crippen molar-refractivity contribution in [1.82, 2.24) is 0 Å². The number of carbonyl (C=O) groups excluding carboxylic acids is 2. The first-order valence-corrected chi connectivity index (χ1v) is 5.12. The second-order valence-electron chi connectivity index (χ2n) is 4.11. The Balaban J connectivity index is 2.14. The van der Waals surface area contributed by atoms with E-state index >= 15 is 0 Å². The molecule has 0 spiro atoms. The summed E-state index contributed by atoms with van der Waals surface area (Å²) in [6, 6.07) is 0.0335. The summed E-state index contributed by atoms with van der Waals surface area (Å²) in [6.07, 6.45) is 5.70. The van der Waals surface area contributed by atoms with Gasteiger partial charge in [-0.05, 0) is 31.8 Å². The highest BCUT2D eigenvalue weighted by molar-refractivity contribution is 5.47. The van der Waals surface area contributed by atoms with Crippen molar-refractivity contribution in [2.75, 3.05) is 0 Å². The molecule has 15 heavy (non-hydrogen) atoms. The lowest BCUT2D eigenvalue weighted by atomic mass is 10.1. The van der Waals surface area contributed by atoms with Gasteiger partial charge in [-0.25, -0.2) is 14.6 Å². The van der Waals surface area contributed by atoms with Crippen LogP contribution in [-0.2, 0) is 9.59 Å². The van der Waals surface area contributed by atoms with E-state index in [0.29, 0.717) is 5.92 Å². The Bertz CT molecular complexity index is 401. The van der Waals surface area contributed by atoms with Crippen molar-refractivity contribution in [1.29, 1.82) is 0 Å². The standard InChI is InChI=1S/C11H12N2O2/c1-7-9-4-8(12-5-14)2-3-10(11(7)9)13-6-15/h8-10H,2-4H2,1H3. The van der Waals surface area contributed by atoms with E-state index in [0.717, 1.165) is 19.3 Å². The van der Waals surface area contributed by atoms with E-state index < -0.39 is 0 Å². The Hall–Kier alpha value is -1.50. The third-order valence-electron chi connectivity index (χ3n) is 3.35. The van der Waals surface area contributed by atoms with Crippen molar-refractivity contribution in [2.24, 2.45) is 15.9 Å². The SMILES string of the molecule is CC1=C2C(N=C=O)CCC(N=C=O)CC12. The molecule has 2 aliphatic rings. The molecular weight excluding hydrogens is 192 g/mol. The highest BCUT2D eigenvalue weighted by atomic mass is 16.1. The van der Waals surface area contributed by atoms with Gasteiger partial charge < -0.3 is 0 Å². The molecule has 0 aromatic carbocycles. The van der Waals surface area contributed by atoms with Crippen LogP contribution in [0.4, 0.5) is 0 Å². The summed E-state index contributed by atoms with van der Waals surface area (Å²) in [7, 11) is 0. The first kappa shape index (κ1) is 10.0. The molecule has 78 valence electrons. The van der Waals surface area contributed by atoms with E-state index in [2.05, 4.69) is 16.9 Å². The fourth-order valence-electron chi connectivity index (χ4n) is 2.50. The molecule has 0 aromatic heterocycles. The quantitative estimate of drug-likeness (QED) is 0.389. The first-order chi connectivity index (χ1) is 7.27. The van der Waals surface area contributed by atoms with Crippen molar-refractivity contribution in [2.45, 2.75) is 38.3 Å². The van der Waals surface area contributed by atoms with Gasteiger partial charge in [-0.1, -0.05) is 5.57 Å². The smallest absolute Gasteiger partial charge is 0.211 e. The molecule has 3 atom stereocenters. The van der Waals surface area contributed by atoms with E-state index in [1.165, 1.54) is 11.1 Å². The fraction of sp³-hybridized carbons (Fsp3) is 0.636. The van der Waals surface area contributed by atoms with Crippen LogP contribution in [0.1, 0.15) is 26.2 Å². The summed E-state index contributed by atoms with van der Waals surface area (Å²) >= 11 is 0. The van der Waals surface area contributed by atoms with Crippen LogP contribution in [0, 0.1) is 5.92 Å². The maximum Gasteiger partial charge on any atom is 0.235 e. The Morgan fingerprint density at radius 1 is 1.20 bits per heavy atom. The average molecular weight is 204 g/mol. The number of hydrogen-bond acceptors (Lipinski definition) is 4. The number of allylic oxidation sites excluding steroid dienone is 1. The van der Waals surface area contributed by atoms with Crippen LogP contribution in [0.2, 0.25) is 0 Å². The zero-order valence-electron chi connectivity index (χ0n) is 8.56. The van der Waals surface area contributed by atoms with Gasteiger partial charge in [-0.2, -0.15) is 4.99 Å².